The van der Waals surface area contributed by atoms with Crippen LogP contribution in [0.3, 0.4) is 0 Å². The van der Waals surface area contributed by atoms with Gasteiger partial charge in [-0.15, -0.1) is 0 Å². The molecule has 1 fully saturated rings. The summed E-state index contributed by atoms with van der Waals surface area (Å²) in [6.45, 7) is 2.95. The maximum atomic E-state index is 11.5. The smallest absolute Gasteiger partial charge is 0.338 e. The number of epoxide rings is 1. The molecule has 2 aliphatic heterocycles. The fourth-order valence-electron chi connectivity index (χ4n) is 1.92. The first-order chi connectivity index (χ1) is 8.47. The fraction of sp³-hybridized carbons (Fsp3) is 0.667. The number of fused-ring (bicyclic) bond motifs is 1. The molecule has 2 rings (SSSR count). The SMILES string of the molecule is CC(=O)O[C@@H]1C[C@@H](C)OC(=O)[C@H]2O[C@H]2/C=C\[C@@H]1O. The summed E-state index contributed by atoms with van der Waals surface area (Å²) in [7, 11) is 0. The van der Waals surface area contributed by atoms with Crippen LogP contribution < -0.4 is 0 Å². The van der Waals surface area contributed by atoms with E-state index in [1.807, 2.05) is 0 Å². The van der Waals surface area contributed by atoms with Crippen LogP contribution in [0.25, 0.3) is 0 Å². The van der Waals surface area contributed by atoms with E-state index < -0.39 is 36.4 Å². The molecule has 0 aromatic carbocycles. The molecule has 0 spiro atoms. The highest BCUT2D eigenvalue weighted by molar-refractivity contribution is 5.78. The normalized spacial score (nSPS) is 41.3. The molecule has 2 heterocycles. The van der Waals surface area contributed by atoms with Crippen LogP contribution in [-0.2, 0) is 23.8 Å². The monoisotopic (exact) mass is 256 g/mol. The van der Waals surface area contributed by atoms with Gasteiger partial charge >= 0.3 is 11.9 Å². The maximum absolute atomic E-state index is 11.5. The number of hydrogen-bond acceptors (Lipinski definition) is 6. The number of hydrogen-bond donors (Lipinski definition) is 1. The van der Waals surface area contributed by atoms with Crippen molar-refractivity contribution in [3.05, 3.63) is 12.2 Å². The third-order valence-electron chi connectivity index (χ3n) is 2.84. The Kier molecular flexibility index (Phi) is 3.68. The number of esters is 2. The molecule has 0 bridgehead atoms. The zero-order valence-electron chi connectivity index (χ0n) is 10.2. The van der Waals surface area contributed by atoms with Gasteiger partial charge in [0, 0.05) is 13.3 Å². The van der Waals surface area contributed by atoms with Gasteiger partial charge < -0.3 is 19.3 Å². The Morgan fingerprint density at radius 1 is 1.50 bits per heavy atom. The van der Waals surface area contributed by atoms with Crippen molar-refractivity contribution in [1.82, 2.24) is 0 Å². The summed E-state index contributed by atoms with van der Waals surface area (Å²) in [5, 5.41) is 9.90. The highest BCUT2D eigenvalue weighted by Crippen LogP contribution is 2.27. The molecular weight excluding hydrogens is 240 g/mol. The van der Waals surface area contributed by atoms with Gasteiger partial charge in [-0.3, -0.25) is 4.79 Å². The molecule has 0 unspecified atom stereocenters. The van der Waals surface area contributed by atoms with Gasteiger partial charge in [-0.2, -0.15) is 0 Å². The Labute approximate surface area is 105 Å². The van der Waals surface area contributed by atoms with Gasteiger partial charge in [0.2, 0.25) is 0 Å². The first kappa shape index (κ1) is 13.0. The number of ether oxygens (including phenoxy) is 3. The van der Waals surface area contributed by atoms with E-state index in [1.165, 1.54) is 13.0 Å². The Bertz CT molecular complexity index is 377. The van der Waals surface area contributed by atoms with E-state index in [9.17, 15) is 14.7 Å². The van der Waals surface area contributed by atoms with Crippen molar-refractivity contribution in [3.63, 3.8) is 0 Å². The van der Waals surface area contributed by atoms with Crippen molar-refractivity contribution >= 4 is 11.9 Å². The Hall–Kier alpha value is -1.40. The molecule has 100 valence electrons. The molecule has 1 N–H and O–H groups in total. The third kappa shape index (κ3) is 3.08. The Morgan fingerprint density at radius 2 is 2.22 bits per heavy atom. The molecule has 0 aliphatic carbocycles. The standard InChI is InChI=1S/C12H16O6/c1-6-5-10(17-7(2)13)8(14)3-4-9-11(18-9)12(15)16-6/h3-4,6,8-11,14H,5H2,1-2H3/b4-3-/t6-,8+,9+,10-,11+/m1/s1. The van der Waals surface area contributed by atoms with Crippen LogP contribution in [0.5, 0.6) is 0 Å². The molecule has 1 saturated heterocycles. The lowest BCUT2D eigenvalue weighted by Crippen LogP contribution is -2.35. The molecule has 6 heteroatoms. The van der Waals surface area contributed by atoms with E-state index >= 15 is 0 Å². The second kappa shape index (κ2) is 5.07. The van der Waals surface area contributed by atoms with E-state index in [-0.39, 0.29) is 12.5 Å². The molecule has 0 aromatic rings. The van der Waals surface area contributed by atoms with Crippen molar-refractivity contribution in [1.29, 1.82) is 0 Å². The van der Waals surface area contributed by atoms with Crippen molar-refractivity contribution in [3.8, 4) is 0 Å². The molecule has 0 aromatic heterocycles. The van der Waals surface area contributed by atoms with Crippen LogP contribution in [0.15, 0.2) is 12.2 Å². The summed E-state index contributed by atoms with van der Waals surface area (Å²) in [5.41, 5.74) is 0. The van der Waals surface area contributed by atoms with Crippen molar-refractivity contribution in [2.24, 2.45) is 0 Å². The van der Waals surface area contributed by atoms with Gasteiger partial charge in [0.25, 0.3) is 0 Å². The fourth-order valence-corrected chi connectivity index (χ4v) is 1.92. The van der Waals surface area contributed by atoms with Crippen LogP contribution in [0.2, 0.25) is 0 Å². The average Bonchev–Trinajstić information content (AvgIpc) is 3.02. The van der Waals surface area contributed by atoms with Gasteiger partial charge in [0.1, 0.15) is 24.4 Å². The lowest BCUT2D eigenvalue weighted by Gasteiger charge is -2.24. The number of aliphatic hydroxyl groups excluding tert-OH is 1. The lowest BCUT2D eigenvalue weighted by molar-refractivity contribution is -0.157. The van der Waals surface area contributed by atoms with Gasteiger partial charge in [0.15, 0.2) is 6.10 Å². The van der Waals surface area contributed by atoms with Crippen LogP contribution in [0.1, 0.15) is 20.3 Å². The van der Waals surface area contributed by atoms with E-state index in [2.05, 4.69) is 0 Å². The zero-order chi connectivity index (χ0) is 13.3. The summed E-state index contributed by atoms with van der Waals surface area (Å²) < 4.78 is 15.3. The van der Waals surface area contributed by atoms with Crippen molar-refractivity contribution in [2.45, 2.75) is 50.8 Å². The predicted molar refractivity (Wildman–Crippen MR) is 59.5 cm³/mol. The molecule has 0 saturated carbocycles. The quantitative estimate of drug-likeness (QED) is 0.402. The number of carbonyl (C=O) groups excluding carboxylic acids is 2. The minimum absolute atomic E-state index is 0.244. The van der Waals surface area contributed by atoms with Crippen LogP contribution in [0.4, 0.5) is 0 Å². The minimum atomic E-state index is -0.932. The van der Waals surface area contributed by atoms with E-state index in [1.54, 1.807) is 13.0 Å². The molecule has 18 heavy (non-hydrogen) atoms. The van der Waals surface area contributed by atoms with Gasteiger partial charge in [-0.25, -0.2) is 4.79 Å². The largest absolute Gasteiger partial charge is 0.461 e. The summed E-state index contributed by atoms with van der Waals surface area (Å²) >= 11 is 0. The van der Waals surface area contributed by atoms with Gasteiger partial charge in [-0.1, -0.05) is 12.2 Å². The maximum Gasteiger partial charge on any atom is 0.338 e. The summed E-state index contributed by atoms with van der Waals surface area (Å²) in [4.78, 5) is 22.5. The number of cyclic esters (lactones) is 1. The number of carbonyl (C=O) groups is 2. The van der Waals surface area contributed by atoms with E-state index in [0.29, 0.717) is 0 Å². The second-order valence-corrected chi connectivity index (χ2v) is 4.53. The van der Waals surface area contributed by atoms with E-state index in [0.717, 1.165) is 0 Å². The van der Waals surface area contributed by atoms with Crippen LogP contribution in [-0.4, -0.2) is 47.6 Å². The topological polar surface area (TPSA) is 85.4 Å². The first-order valence-electron chi connectivity index (χ1n) is 5.87. The van der Waals surface area contributed by atoms with Crippen molar-refractivity contribution in [2.75, 3.05) is 0 Å². The summed E-state index contributed by atoms with van der Waals surface area (Å²) in [6, 6.07) is 0. The molecular formula is C12H16O6. The van der Waals surface area contributed by atoms with Crippen LogP contribution >= 0.6 is 0 Å². The molecule has 2 aliphatic rings. The lowest BCUT2D eigenvalue weighted by atomic mass is 10.1. The highest BCUT2D eigenvalue weighted by Gasteiger charge is 2.46. The average molecular weight is 256 g/mol. The highest BCUT2D eigenvalue weighted by atomic mass is 16.6. The van der Waals surface area contributed by atoms with Gasteiger partial charge in [0.05, 0.1) is 0 Å². The molecule has 0 radical (unpaired) electrons. The van der Waals surface area contributed by atoms with Crippen molar-refractivity contribution < 1.29 is 28.9 Å². The van der Waals surface area contributed by atoms with Crippen LogP contribution in [0, 0.1) is 0 Å². The first-order valence-corrected chi connectivity index (χ1v) is 5.87. The molecule has 6 nitrogen and oxygen atoms in total. The summed E-state index contributed by atoms with van der Waals surface area (Å²) in [6.07, 6.45) is 0.292. The molecule has 5 atom stereocenters. The predicted octanol–water partition coefficient (Wildman–Crippen LogP) is -0.0620. The third-order valence-corrected chi connectivity index (χ3v) is 2.84. The zero-order valence-corrected chi connectivity index (χ0v) is 10.2. The van der Waals surface area contributed by atoms with E-state index in [4.69, 9.17) is 14.2 Å². The number of aliphatic hydroxyl groups is 1. The number of rotatable bonds is 1. The van der Waals surface area contributed by atoms with Gasteiger partial charge in [-0.05, 0) is 6.92 Å². The second-order valence-electron chi connectivity index (χ2n) is 4.53. The Balaban J connectivity index is 2.10. The summed E-state index contributed by atoms with van der Waals surface area (Å²) in [5.74, 6) is -0.904. The molecule has 0 amide bonds. The minimum Gasteiger partial charge on any atom is -0.461 e. The Morgan fingerprint density at radius 3 is 2.89 bits per heavy atom.